The van der Waals surface area contributed by atoms with Crippen LogP contribution in [-0.4, -0.2) is 22.3 Å². The minimum Gasteiger partial charge on any atom is -0.474 e. The van der Waals surface area contributed by atoms with E-state index >= 15 is 0 Å². The molecule has 0 amide bonds. The molecule has 1 heterocycles. The number of nitrogens with zero attached hydrogens (tertiary/aromatic N) is 2. The number of hydrogen-bond donors (Lipinski definition) is 0. The standard InChI is InChI=1S/C11H13F3N2OS/c1-6-3-4-8(6)17-9-7(11(12,13)14)5-15-10(16-9)18-2/h5-6,8H,3-4H2,1-2H3. The summed E-state index contributed by atoms with van der Waals surface area (Å²) in [6.45, 7) is 1.96. The van der Waals surface area contributed by atoms with Gasteiger partial charge in [0.25, 0.3) is 0 Å². The first kappa shape index (κ1) is 13.5. The largest absolute Gasteiger partial charge is 0.474 e. The van der Waals surface area contributed by atoms with Gasteiger partial charge in [0.1, 0.15) is 11.7 Å². The van der Waals surface area contributed by atoms with Crippen LogP contribution in [0.25, 0.3) is 0 Å². The van der Waals surface area contributed by atoms with E-state index in [1.165, 1.54) is 11.8 Å². The lowest BCUT2D eigenvalue weighted by atomic mass is 9.83. The highest BCUT2D eigenvalue weighted by molar-refractivity contribution is 7.98. The molecular weight excluding hydrogens is 265 g/mol. The second kappa shape index (κ2) is 4.95. The van der Waals surface area contributed by atoms with Crippen LogP contribution in [0.1, 0.15) is 25.3 Å². The number of halogens is 3. The van der Waals surface area contributed by atoms with Crippen molar-refractivity contribution in [2.75, 3.05) is 6.26 Å². The van der Waals surface area contributed by atoms with Crippen LogP contribution >= 0.6 is 11.8 Å². The molecule has 100 valence electrons. The van der Waals surface area contributed by atoms with Crippen LogP contribution < -0.4 is 4.74 Å². The molecule has 7 heteroatoms. The van der Waals surface area contributed by atoms with Crippen molar-refractivity contribution in [1.29, 1.82) is 0 Å². The van der Waals surface area contributed by atoms with Crippen LogP contribution in [0.5, 0.6) is 5.88 Å². The van der Waals surface area contributed by atoms with Gasteiger partial charge in [-0.1, -0.05) is 18.7 Å². The van der Waals surface area contributed by atoms with E-state index in [0.29, 0.717) is 0 Å². The van der Waals surface area contributed by atoms with E-state index < -0.39 is 11.7 Å². The molecule has 18 heavy (non-hydrogen) atoms. The van der Waals surface area contributed by atoms with Gasteiger partial charge in [0.05, 0.1) is 0 Å². The Labute approximate surface area is 107 Å². The highest BCUT2D eigenvalue weighted by atomic mass is 32.2. The first-order chi connectivity index (χ1) is 8.41. The van der Waals surface area contributed by atoms with E-state index in [4.69, 9.17) is 4.74 Å². The van der Waals surface area contributed by atoms with Crippen LogP contribution in [0.15, 0.2) is 11.4 Å². The van der Waals surface area contributed by atoms with Gasteiger partial charge in [0, 0.05) is 6.20 Å². The van der Waals surface area contributed by atoms with E-state index in [-0.39, 0.29) is 23.1 Å². The number of ether oxygens (including phenoxy) is 1. The lowest BCUT2D eigenvalue weighted by Crippen LogP contribution is -2.35. The maximum absolute atomic E-state index is 12.8. The van der Waals surface area contributed by atoms with Crippen molar-refractivity contribution < 1.29 is 17.9 Å². The maximum atomic E-state index is 12.8. The van der Waals surface area contributed by atoms with E-state index in [1.807, 2.05) is 6.92 Å². The van der Waals surface area contributed by atoms with Crippen LogP contribution in [0.3, 0.4) is 0 Å². The van der Waals surface area contributed by atoms with Gasteiger partial charge < -0.3 is 4.74 Å². The summed E-state index contributed by atoms with van der Waals surface area (Å²) in [4.78, 5) is 7.47. The molecule has 1 saturated carbocycles. The number of thioether (sulfide) groups is 1. The van der Waals surface area contributed by atoms with Crippen LogP contribution in [0.2, 0.25) is 0 Å². The van der Waals surface area contributed by atoms with Gasteiger partial charge in [0.15, 0.2) is 5.16 Å². The van der Waals surface area contributed by atoms with Crippen molar-refractivity contribution in [2.45, 2.75) is 37.2 Å². The summed E-state index contributed by atoms with van der Waals surface area (Å²) >= 11 is 1.19. The fraction of sp³-hybridized carbons (Fsp3) is 0.636. The lowest BCUT2D eigenvalue weighted by molar-refractivity contribution is -0.140. The lowest BCUT2D eigenvalue weighted by Gasteiger charge is -2.34. The number of hydrogen-bond acceptors (Lipinski definition) is 4. The van der Waals surface area contributed by atoms with Crippen LogP contribution in [0, 0.1) is 5.92 Å². The third-order valence-corrected chi connectivity index (χ3v) is 3.59. The average molecular weight is 278 g/mol. The monoisotopic (exact) mass is 278 g/mol. The van der Waals surface area contributed by atoms with Crippen LogP contribution in [0.4, 0.5) is 13.2 Å². The van der Waals surface area contributed by atoms with Crippen molar-refractivity contribution in [3.05, 3.63) is 11.8 Å². The van der Waals surface area contributed by atoms with Crippen LogP contribution in [-0.2, 0) is 6.18 Å². The summed E-state index contributed by atoms with van der Waals surface area (Å²) in [5.41, 5.74) is -0.903. The van der Waals surface area contributed by atoms with Crippen molar-refractivity contribution in [3.63, 3.8) is 0 Å². The van der Waals surface area contributed by atoms with Gasteiger partial charge in [-0.2, -0.15) is 18.2 Å². The summed E-state index contributed by atoms with van der Waals surface area (Å²) in [6, 6.07) is 0. The molecule has 0 bridgehead atoms. The van der Waals surface area contributed by atoms with E-state index in [1.54, 1.807) is 6.26 Å². The Kier molecular flexibility index (Phi) is 3.70. The zero-order chi connectivity index (χ0) is 13.3. The zero-order valence-electron chi connectivity index (χ0n) is 9.99. The molecule has 1 fully saturated rings. The Balaban J connectivity index is 2.29. The highest BCUT2D eigenvalue weighted by Crippen LogP contribution is 2.38. The second-order valence-corrected chi connectivity index (χ2v) is 5.06. The molecule has 1 aromatic rings. The molecule has 3 nitrogen and oxygen atoms in total. The smallest absolute Gasteiger partial charge is 0.423 e. The van der Waals surface area contributed by atoms with Gasteiger partial charge in [-0.25, -0.2) is 4.98 Å². The fourth-order valence-corrected chi connectivity index (χ4v) is 2.02. The predicted octanol–water partition coefficient (Wildman–Crippen LogP) is 3.39. The summed E-state index contributed by atoms with van der Waals surface area (Å²) in [7, 11) is 0. The fourth-order valence-electron chi connectivity index (χ4n) is 1.69. The average Bonchev–Trinajstić information content (AvgIpc) is 2.32. The van der Waals surface area contributed by atoms with E-state index in [9.17, 15) is 13.2 Å². The molecule has 0 radical (unpaired) electrons. The van der Waals surface area contributed by atoms with Gasteiger partial charge in [-0.3, -0.25) is 0 Å². The van der Waals surface area contributed by atoms with Crippen molar-refractivity contribution in [1.82, 2.24) is 9.97 Å². The topological polar surface area (TPSA) is 35.0 Å². The molecule has 2 rings (SSSR count). The Hall–Kier alpha value is -0.980. The Morgan fingerprint density at radius 1 is 1.39 bits per heavy atom. The van der Waals surface area contributed by atoms with Crippen molar-refractivity contribution in [3.8, 4) is 5.88 Å². The summed E-state index contributed by atoms with van der Waals surface area (Å²) < 4.78 is 43.7. The van der Waals surface area contributed by atoms with Gasteiger partial charge in [0.2, 0.25) is 5.88 Å². The third-order valence-electron chi connectivity index (χ3n) is 3.02. The SMILES string of the molecule is CSc1ncc(C(F)(F)F)c(OC2CCC2C)n1. The van der Waals surface area contributed by atoms with E-state index in [2.05, 4.69) is 9.97 Å². The molecular formula is C11H13F3N2OS. The number of alkyl halides is 3. The Morgan fingerprint density at radius 2 is 2.11 bits per heavy atom. The first-order valence-electron chi connectivity index (χ1n) is 5.56. The minimum atomic E-state index is -4.49. The molecule has 1 aromatic heterocycles. The summed E-state index contributed by atoms with van der Waals surface area (Å²) in [5, 5.41) is 0.282. The van der Waals surface area contributed by atoms with Gasteiger partial charge in [-0.15, -0.1) is 0 Å². The molecule has 0 aliphatic heterocycles. The predicted molar refractivity (Wildman–Crippen MR) is 61.6 cm³/mol. The molecule has 0 saturated heterocycles. The molecule has 0 N–H and O–H groups in total. The Morgan fingerprint density at radius 3 is 2.56 bits per heavy atom. The molecule has 1 aliphatic rings. The van der Waals surface area contributed by atoms with Gasteiger partial charge in [-0.05, 0) is 25.0 Å². The highest BCUT2D eigenvalue weighted by Gasteiger charge is 2.38. The van der Waals surface area contributed by atoms with Crippen molar-refractivity contribution in [2.24, 2.45) is 5.92 Å². The first-order valence-corrected chi connectivity index (χ1v) is 6.79. The normalized spacial score (nSPS) is 23.6. The minimum absolute atomic E-state index is 0.171. The molecule has 0 spiro atoms. The number of rotatable bonds is 3. The van der Waals surface area contributed by atoms with Gasteiger partial charge >= 0.3 is 6.18 Å². The maximum Gasteiger partial charge on any atom is 0.423 e. The number of aromatic nitrogens is 2. The van der Waals surface area contributed by atoms with E-state index in [0.717, 1.165) is 19.0 Å². The molecule has 0 aromatic carbocycles. The summed E-state index contributed by atoms with van der Waals surface area (Å²) in [5.74, 6) is -0.0721. The Bertz CT molecular complexity index is 439. The molecule has 1 aliphatic carbocycles. The second-order valence-electron chi connectivity index (χ2n) is 4.28. The molecule has 2 atom stereocenters. The summed E-state index contributed by atoms with van der Waals surface area (Å²) in [6.07, 6.45) is -0.408. The zero-order valence-corrected chi connectivity index (χ0v) is 10.8. The molecule has 2 unspecified atom stereocenters. The van der Waals surface area contributed by atoms with Crippen molar-refractivity contribution >= 4 is 11.8 Å². The quantitative estimate of drug-likeness (QED) is 0.627. The third kappa shape index (κ3) is 2.71.